The van der Waals surface area contributed by atoms with E-state index in [4.69, 9.17) is 5.73 Å². The zero-order chi connectivity index (χ0) is 14.7. The van der Waals surface area contributed by atoms with Crippen LogP contribution in [0.15, 0.2) is 12.1 Å². The Morgan fingerprint density at radius 1 is 1.35 bits per heavy atom. The fraction of sp³-hybridized carbons (Fsp3) is 0.500. The molecule has 1 amide bonds. The quantitative estimate of drug-likeness (QED) is 0.741. The Balaban J connectivity index is 2.01. The first-order valence-corrected chi connectivity index (χ1v) is 6.70. The Hall–Kier alpha value is -1.69. The van der Waals surface area contributed by atoms with Crippen LogP contribution in [0.25, 0.3) is 0 Å². The molecule has 110 valence electrons. The van der Waals surface area contributed by atoms with Crippen LogP contribution in [0, 0.1) is 17.6 Å². The number of nitrogen functional groups attached to an aromatic ring is 1. The number of halogens is 2. The van der Waals surface area contributed by atoms with Crippen molar-refractivity contribution in [1.82, 2.24) is 5.32 Å². The van der Waals surface area contributed by atoms with E-state index in [1.807, 2.05) is 0 Å². The normalized spacial score (nSPS) is 22.6. The molecule has 0 saturated heterocycles. The second kappa shape index (κ2) is 6.17. The third-order valence-electron chi connectivity index (χ3n) is 3.70. The Morgan fingerprint density at radius 3 is 2.75 bits per heavy atom. The number of carbonyl (C=O) groups is 1. The van der Waals surface area contributed by atoms with Crippen LogP contribution in [0.2, 0.25) is 0 Å². The van der Waals surface area contributed by atoms with Crippen molar-refractivity contribution in [2.75, 3.05) is 12.3 Å². The van der Waals surface area contributed by atoms with Crippen LogP contribution in [-0.4, -0.2) is 23.7 Å². The molecule has 1 aromatic carbocycles. The molecule has 4 N–H and O–H groups in total. The molecule has 4 nitrogen and oxygen atoms in total. The summed E-state index contributed by atoms with van der Waals surface area (Å²) >= 11 is 0. The van der Waals surface area contributed by atoms with Crippen LogP contribution in [0.4, 0.5) is 14.5 Å². The Labute approximate surface area is 116 Å². The molecular weight excluding hydrogens is 266 g/mol. The monoisotopic (exact) mass is 284 g/mol. The predicted molar refractivity (Wildman–Crippen MR) is 71.1 cm³/mol. The van der Waals surface area contributed by atoms with Gasteiger partial charge in [0.15, 0.2) is 5.82 Å². The molecule has 2 unspecified atom stereocenters. The Kier molecular flexibility index (Phi) is 4.54. The van der Waals surface area contributed by atoms with Gasteiger partial charge in [0.05, 0.1) is 17.4 Å². The first-order valence-electron chi connectivity index (χ1n) is 6.70. The molecule has 0 aromatic heterocycles. The SMILES string of the molecule is Nc1cc(F)cc(C(=O)NCC2CCCCC2O)c1F. The number of aliphatic hydroxyl groups excluding tert-OH is 1. The van der Waals surface area contributed by atoms with E-state index in [9.17, 15) is 18.7 Å². The molecule has 1 saturated carbocycles. The van der Waals surface area contributed by atoms with Crippen molar-refractivity contribution in [3.05, 3.63) is 29.3 Å². The zero-order valence-electron chi connectivity index (χ0n) is 11.0. The smallest absolute Gasteiger partial charge is 0.254 e. The second-order valence-corrected chi connectivity index (χ2v) is 5.18. The average Bonchev–Trinajstić information content (AvgIpc) is 2.41. The van der Waals surface area contributed by atoms with E-state index in [0.717, 1.165) is 31.4 Å². The molecule has 1 aliphatic carbocycles. The van der Waals surface area contributed by atoms with Crippen LogP contribution in [-0.2, 0) is 0 Å². The lowest BCUT2D eigenvalue weighted by Crippen LogP contribution is -2.37. The topological polar surface area (TPSA) is 75.4 Å². The van der Waals surface area contributed by atoms with Gasteiger partial charge in [0.1, 0.15) is 5.82 Å². The second-order valence-electron chi connectivity index (χ2n) is 5.18. The summed E-state index contributed by atoms with van der Waals surface area (Å²) in [6, 6.07) is 1.65. The van der Waals surface area contributed by atoms with Crippen LogP contribution in [0.3, 0.4) is 0 Å². The zero-order valence-corrected chi connectivity index (χ0v) is 11.0. The highest BCUT2D eigenvalue weighted by atomic mass is 19.1. The van der Waals surface area contributed by atoms with Crippen molar-refractivity contribution in [2.45, 2.75) is 31.8 Å². The molecule has 2 atom stereocenters. The van der Waals surface area contributed by atoms with Gasteiger partial charge in [-0.2, -0.15) is 0 Å². The van der Waals surface area contributed by atoms with Crippen molar-refractivity contribution < 1.29 is 18.7 Å². The molecule has 1 aromatic rings. The van der Waals surface area contributed by atoms with Crippen LogP contribution in [0.5, 0.6) is 0 Å². The minimum absolute atomic E-state index is 0.0401. The van der Waals surface area contributed by atoms with E-state index in [0.29, 0.717) is 6.42 Å². The number of aliphatic hydroxyl groups is 1. The van der Waals surface area contributed by atoms with Gasteiger partial charge >= 0.3 is 0 Å². The highest BCUT2D eigenvalue weighted by Gasteiger charge is 2.24. The molecule has 1 fully saturated rings. The van der Waals surface area contributed by atoms with E-state index in [2.05, 4.69) is 5.32 Å². The third kappa shape index (κ3) is 3.25. The fourth-order valence-electron chi connectivity index (χ4n) is 2.52. The summed E-state index contributed by atoms with van der Waals surface area (Å²) < 4.78 is 26.8. The summed E-state index contributed by atoms with van der Waals surface area (Å²) in [4.78, 5) is 11.9. The Bertz CT molecular complexity index is 508. The number of rotatable bonds is 3. The first-order chi connectivity index (χ1) is 9.49. The molecule has 1 aliphatic rings. The number of carbonyl (C=O) groups excluding carboxylic acids is 1. The fourth-order valence-corrected chi connectivity index (χ4v) is 2.52. The summed E-state index contributed by atoms with van der Waals surface area (Å²) in [5.41, 5.74) is 4.48. The van der Waals surface area contributed by atoms with Gasteiger partial charge in [0, 0.05) is 12.5 Å². The largest absolute Gasteiger partial charge is 0.396 e. The molecule has 6 heteroatoms. The van der Waals surface area contributed by atoms with Gasteiger partial charge in [-0.25, -0.2) is 8.78 Å². The van der Waals surface area contributed by atoms with E-state index < -0.39 is 34.9 Å². The molecule has 0 heterocycles. The minimum atomic E-state index is -0.923. The average molecular weight is 284 g/mol. The summed E-state index contributed by atoms with van der Waals surface area (Å²) in [6.45, 7) is 0.246. The molecule has 0 spiro atoms. The molecular formula is C14H18F2N2O2. The van der Waals surface area contributed by atoms with Crippen molar-refractivity contribution in [3.63, 3.8) is 0 Å². The number of nitrogens with one attached hydrogen (secondary N) is 1. The van der Waals surface area contributed by atoms with Crippen LogP contribution in [0.1, 0.15) is 36.0 Å². The molecule has 0 radical (unpaired) electrons. The lowest BCUT2D eigenvalue weighted by molar-refractivity contribution is 0.0662. The van der Waals surface area contributed by atoms with Gasteiger partial charge in [0.2, 0.25) is 0 Å². The van der Waals surface area contributed by atoms with Crippen LogP contribution >= 0.6 is 0 Å². The van der Waals surface area contributed by atoms with Gasteiger partial charge in [-0.15, -0.1) is 0 Å². The number of hydrogen-bond donors (Lipinski definition) is 3. The van der Waals surface area contributed by atoms with E-state index in [1.165, 1.54) is 0 Å². The maximum absolute atomic E-state index is 13.7. The van der Waals surface area contributed by atoms with E-state index >= 15 is 0 Å². The lowest BCUT2D eigenvalue weighted by atomic mass is 9.86. The number of nitrogens with two attached hydrogens (primary N) is 1. The highest BCUT2D eigenvalue weighted by molar-refractivity contribution is 5.95. The van der Waals surface area contributed by atoms with E-state index in [1.54, 1.807) is 0 Å². The summed E-state index contributed by atoms with van der Waals surface area (Å²) in [7, 11) is 0. The Morgan fingerprint density at radius 2 is 2.05 bits per heavy atom. The van der Waals surface area contributed by atoms with Crippen molar-refractivity contribution in [2.24, 2.45) is 5.92 Å². The lowest BCUT2D eigenvalue weighted by Gasteiger charge is -2.27. The van der Waals surface area contributed by atoms with Gasteiger partial charge < -0.3 is 16.2 Å². The molecule has 0 aliphatic heterocycles. The number of anilines is 1. The molecule has 0 bridgehead atoms. The van der Waals surface area contributed by atoms with E-state index in [-0.39, 0.29) is 12.5 Å². The third-order valence-corrected chi connectivity index (χ3v) is 3.70. The number of hydrogen-bond acceptors (Lipinski definition) is 3. The maximum Gasteiger partial charge on any atom is 0.254 e. The highest BCUT2D eigenvalue weighted by Crippen LogP contribution is 2.24. The van der Waals surface area contributed by atoms with Gasteiger partial charge in [-0.3, -0.25) is 4.79 Å². The van der Waals surface area contributed by atoms with Crippen LogP contribution < -0.4 is 11.1 Å². The standard InChI is InChI=1S/C14H18F2N2O2/c15-9-5-10(13(16)11(17)6-9)14(20)18-7-8-3-1-2-4-12(8)19/h5-6,8,12,19H,1-4,7,17H2,(H,18,20). The van der Waals surface area contributed by atoms with Crippen molar-refractivity contribution in [1.29, 1.82) is 0 Å². The summed E-state index contributed by atoms with van der Waals surface area (Å²) in [6.07, 6.45) is 3.04. The minimum Gasteiger partial charge on any atom is -0.396 e. The number of amides is 1. The van der Waals surface area contributed by atoms with Gasteiger partial charge in [-0.1, -0.05) is 12.8 Å². The molecule has 20 heavy (non-hydrogen) atoms. The predicted octanol–water partition coefficient (Wildman–Crippen LogP) is 1.83. The number of benzene rings is 1. The van der Waals surface area contributed by atoms with Crippen molar-refractivity contribution >= 4 is 11.6 Å². The van der Waals surface area contributed by atoms with Crippen molar-refractivity contribution in [3.8, 4) is 0 Å². The van der Waals surface area contributed by atoms with Gasteiger partial charge in [0.25, 0.3) is 5.91 Å². The van der Waals surface area contributed by atoms with Gasteiger partial charge in [-0.05, 0) is 25.0 Å². The summed E-state index contributed by atoms with van der Waals surface area (Å²) in [5.74, 6) is -2.44. The molecule has 2 rings (SSSR count). The summed E-state index contributed by atoms with van der Waals surface area (Å²) in [5, 5.41) is 12.3. The maximum atomic E-state index is 13.7. The first kappa shape index (κ1) is 14.7.